The second kappa shape index (κ2) is 7.08. The monoisotopic (exact) mass is 347 g/mol. The number of rotatable bonds is 5. The zero-order chi connectivity index (χ0) is 17.1. The maximum Gasteiger partial charge on any atom is 0.254 e. The van der Waals surface area contributed by atoms with Crippen molar-refractivity contribution in [2.45, 2.75) is 24.8 Å². The van der Waals surface area contributed by atoms with Gasteiger partial charge in [-0.25, -0.2) is 13.6 Å². The molecule has 0 fully saturated rings. The highest BCUT2D eigenvalue weighted by Crippen LogP contribution is 2.22. The zero-order valence-electron chi connectivity index (χ0n) is 12.5. The summed E-state index contributed by atoms with van der Waals surface area (Å²) in [5.74, 6) is -0.827. The van der Waals surface area contributed by atoms with Gasteiger partial charge in [-0.2, -0.15) is 0 Å². The average molecular weight is 348 g/mol. The molecule has 0 radical (unpaired) electrons. The minimum absolute atomic E-state index is 0.0412. The van der Waals surface area contributed by atoms with Crippen LogP contribution in [0, 0.1) is 0 Å². The van der Waals surface area contributed by atoms with Crippen molar-refractivity contribution in [3.8, 4) is 0 Å². The number of halogens is 1. The number of hydrogen-bond donors (Lipinski definition) is 2. The highest BCUT2D eigenvalue weighted by molar-refractivity contribution is 7.89. The molecule has 22 heavy (non-hydrogen) atoms. The Labute approximate surface area is 134 Å². The lowest BCUT2D eigenvalue weighted by molar-refractivity contribution is -0.122. The first-order valence-electron chi connectivity index (χ1n) is 6.39. The van der Waals surface area contributed by atoms with Crippen LogP contribution in [0.3, 0.4) is 0 Å². The predicted molar refractivity (Wildman–Crippen MR) is 83.1 cm³/mol. The molecule has 1 aromatic carbocycles. The number of nitrogens with two attached hydrogens (primary N) is 1. The summed E-state index contributed by atoms with van der Waals surface area (Å²) in [4.78, 5) is 24.7. The Hall–Kier alpha value is -1.64. The van der Waals surface area contributed by atoms with Gasteiger partial charge in [0.25, 0.3) is 5.91 Å². The van der Waals surface area contributed by atoms with Crippen molar-refractivity contribution in [1.82, 2.24) is 10.2 Å². The number of hydrogen-bond acceptors (Lipinski definition) is 4. The van der Waals surface area contributed by atoms with Crippen molar-refractivity contribution in [2.75, 3.05) is 13.6 Å². The minimum Gasteiger partial charge on any atom is -0.352 e. The number of likely N-dealkylation sites (N-methyl/N-ethyl adjacent to an activating group) is 1. The molecule has 0 aromatic heterocycles. The van der Waals surface area contributed by atoms with Crippen molar-refractivity contribution in [2.24, 2.45) is 5.14 Å². The number of primary sulfonamides is 1. The van der Waals surface area contributed by atoms with Crippen LogP contribution in [0.1, 0.15) is 24.2 Å². The zero-order valence-corrected chi connectivity index (χ0v) is 14.0. The highest BCUT2D eigenvalue weighted by atomic mass is 35.5. The minimum atomic E-state index is -4.04. The summed E-state index contributed by atoms with van der Waals surface area (Å²) in [5, 5.41) is 7.62. The van der Waals surface area contributed by atoms with Crippen molar-refractivity contribution in [1.29, 1.82) is 0 Å². The third kappa shape index (κ3) is 4.97. The molecule has 0 heterocycles. The standard InChI is InChI=1S/C13H18ClN3O4S/c1-8(2)16-12(18)7-17(3)13(19)9-4-5-10(14)11(6-9)22(15,20)21/h4-6,8H,7H2,1-3H3,(H,16,18)(H2,15,20,21). The summed E-state index contributed by atoms with van der Waals surface area (Å²) in [5.41, 5.74) is 0.0771. The number of nitrogens with one attached hydrogen (secondary N) is 1. The lowest BCUT2D eigenvalue weighted by Crippen LogP contribution is -2.40. The van der Waals surface area contributed by atoms with Crippen LogP contribution in [-0.2, 0) is 14.8 Å². The van der Waals surface area contributed by atoms with Gasteiger partial charge < -0.3 is 10.2 Å². The van der Waals surface area contributed by atoms with E-state index in [1.54, 1.807) is 13.8 Å². The molecular formula is C13H18ClN3O4S. The summed E-state index contributed by atoms with van der Waals surface area (Å²) in [6.07, 6.45) is 0. The third-order valence-corrected chi connectivity index (χ3v) is 4.05. The van der Waals surface area contributed by atoms with Gasteiger partial charge in [0.1, 0.15) is 4.90 Å². The molecule has 0 aliphatic heterocycles. The number of amides is 2. The first-order chi connectivity index (χ1) is 10.0. The Kier molecular flexibility index (Phi) is 5.92. The van der Waals surface area contributed by atoms with Gasteiger partial charge in [-0.15, -0.1) is 0 Å². The van der Waals surface area contributed by atoms with E-state index in [2.05, 4.69) is 5.32 Å². The van der Waals surface area contributed by atoms with E-state index in [1.807, 2.05) is 0 Å². The van der Waals surface area contributed by atoms with Gasteiger partial charge in [0.15, 0.2) is 0 Å². The summed E-state index contributed by atoms with van der Waals surface area (Å²) < 4.78 is 22.8. The topological polar surface area (TPSA) is 110 Å². The van der Waals surface area contributed by atoms with E-state index >= 15 is 0 Å². The van der Waals surface area contributed by atoms with E-state index in [1.165, 1.54) is 24.1 Å². The Morgan fingerprint density at radius 2 is 1.95 bits per heavy atom. The summed E-state index contributed by atoms with van der Waals surface area (Å²) in [7, 11) is -2.60. The van der Waals surface area contributed by atoms with Crippen molar-refractivity contribution in [3.05, 3.63) is 28.8 Å². The number of nitrogens with zero attached hydrogens (tertiary/aromatic N) is 1. The third-order valence-electron chi connectivity index (χ3n) is 2.66. The van der Waals surface area contributed by atoms with E-state index in [-0.39, 0.29) is 34.0 Å². The van der Waals surface area contributed by atoms with Crippen molar-refractivity contribution < 1.29 is 18.0 Å². The fraction of sp³-hybridized carbons (Fsp3) is 0.385. The molecule has 0 saturated carbocycles. The van der Waals surface area contributed by atoms with Crippen LogP contribution in [-0.4, -0.2) is 44.8 Å². The Bertz CT molecular complexity index is 689. The van der Waals surface area contributed by atoms with E-state index in [4.69, 9.17) is 16.7 Å². The van der Waals surface area contributed by atoms with Crippen LogP contribution in [0.2, 0.25) is 5.02 Å². The molecular weight excluding hydrogens is 330 g/mol. The largest absolute Gasteiger partial charge is 0.352 e. The molecule has 0 saturated heterocycles. The second-order valence-electron chi connectivity index (χ2n) is 5.07. The molecule has 9 heteroatoms. The molecule has 2 amide bonds. The molecule has 1 rings (SSSR count). The Balaban J connectivity index is 2.97. The lowest BCUT2D eigenvalue weighted by Gasteiger charge is -2.18. The molecule has 122 valence electrons. The average Bonchev–Trinajstić information content (AvgIpc) is 2.35. The van der Waals surface area contributed by atoms with Crippen LogP contribution in [0.15, 0.2) is 23.1 Å². The molecule has 0 unspecified atom stereocenters. The van der Waals surface area contributed by atoms with Crippen molar-refractivity contribution in [3.63, 3.8) is 0 Å². The van der Waals surface area contributed by atoms with E-state index in [0.29, 0.717) is 0 Å². The first-order valence-corrected chi connectivity index (χ1v) is 8.32. The fourth-order valence-electron chi connectivity index (χ4n) is 1.73. The molecule has 0 aliphatic rings. The summed E-state index contributed by atoms with van der Waals surface area (Å²) in [6.45, 7) is 3.46. The smallest absolute Gasteiger partial charge is 0.254 e. The number of carbonyl (C=O) groups is 2. The van der Waals surface area contributed by atoms with E-state index in [9.17, 15) is 18.0 Å². The van der Waals surface area contributed by atoms with Gasteiger partial charge in [-0.05, 0) is 32.0 Å². The lowest BCUT2D eigenvalue weighted by atomic mass is 10.2. The normalized spacial score (nSPS) is 11.4. The van der Waals surface area contributed by atoms with Crippen LogP contribution in [0.4, 0.5) is 0 Å². The summed E-state index contributed by atoms with van der Waals surface area (Å²) >= 11 is 5.76. The number of carbonyl (C=O) groups excluding carboxylic acids is 2. The number of sulfonamides is 1. The van der Waals surface area contributed by atoms with Crippen LogP contribution >= 0.6 is 11.6 Å². The second-order valence-corrected chi connectivity index (χ2v) is 7.01. The number of benzene rings is 1. The molecule has 3 N–H and O–H groups in total. The highest BCUT2D eigenvalue weighted by Gasteiger charge is 2.19. The molecule has 0 atom stereocenters. The van der Waals surface area contributed by atoms with Crippen LogP contribution in [0.5, 0.6) is 0 Å². The predicted octanol–water partition coefficient (Wildman–Crippen LogP) is 0.584. The maximum atomic E-state index is 12.2. The fourth-order valence-corrected chi connectivity index (χ4v) is 2.80. The van der Waals surface area contributed by atoms with Gasteiger partial charge in [0.05, 0.1) is 11.6 Å². The van der Waals surface area contributed by atoms with Crippen LogP contribution < -0.4 is 10.5 Å². The van der Waals surface area contributed by atoms with Gasteiger partial charge >= 0.3 is 0 Å². The SMILES string of the molecule is CC(C)NC(=O)CN(C)C(=O)c1ccc(Cl)c(S(N)(=O)=O)c1. The van der Waals surface area contributed by atoms with Gasteiger partial charge in [-0.1, -0.05) is 11.6 Å². The quantitative estimate of drug-likeness (QED) is 0.811. The van der Waals surface area contributed by atoms with Crippen LogP contribution in [0.25, 0.3) is 0 Å². The Morgan fingerprint density at radius 1 is 1.36 bits per heavy atom. The maximum absolute atomic E-state index is 12.2. The van der Waals surface area contributed by atoms with Crippen molar-refractivity contribution >= 4 is 33.4 Å². The van der Waals surface area contributed by atoms with Gasteiger partial charge in [0.2, 0.25) is 15.9 Å². The molecule has 0 bridgehead atoms. The van der Waals surface area contributed by atoms with E-state index in [0.717, 1.165) is 6.07 Å². The molecule has 0 spiro atoms. The summed E-state index contributed by atoms with van der Waals surface area (Å²) in [6, 6.07) is 3.70. The van der Waals surface area contributed by atoms with Gasteiger partial charge in [0, 0.05) is 18.7 Å². The first kappa shape index (κ1) is 18.4. The molecule has 0 aliphatic carbocycles. The molecule has 7 nitrogen and oxygen atoms in total. The van der Waals surface area contributed by atoms with Gasteiger partial charge in [-0.3, -0.25) is 9.59 Å². The van der Waals surface area contributed by atoms with E-state index < -0.39 is 15.9 Å². The Morgan fingerprint density at radius 3 is 2.45 bits per heavy atom. The molecule has 1 aromatic rings.